The molecule has 8 heteroatoms. The Balaban J connectivity index is 0.00000338. The highest BCUT2D eigenvalue weighted by Gasteiger charge is 2.23. The second-order valence-corrected chi connectivity index (χ2v) is 10.1. The lowest BCUT2D eigenvalue weighted by Crippen LogP contribution is -2.31. The molecule has 0 fully saturated rings. The number of nitrogens with one attached hydrogen (secondary N) is 1. The molecule has 0 amide bonds. The molecule has 3 atom stereocenters. The van der Waals surface area contributed by atoms with Crippen LogP contribution < -0.4 is 5.32 Å². The summed E-state index contributed by atoms with van der Waals surface area (Å²) in [5.74, 6) is 0. The minimum absolute atomic E-state index is 0. The summed E-state index contributed by atoms with van der Waals surface area (Å²) in [6, 6.07) is 14.9. The van der Waals surface area contributed by atoms with Gasteiger partial charge in [-0.1, -0.05) is 48.0 Å². The van der Waals surface area contributed by atoms with Crippen molar-refractivity contribution < 1.29 is 14.6 Å². The fourth-order valence-electron chi connectivity index (χ4n) is 2.54. The molecule has 2 unspecified atom stereocenters. The molecule has 0 aliphatic rings. The number of hydrogen-bond acceptors (Lipinski definition) is 3. The van der Waals surface area contributed by atoms with E-state index in [0.717, 1.165) is 14.7 Å². The first-order valence-corrected chi connectivity index (χ1v) is 11.5. The van der Waals surface area contributed by atoms with Crippen LogP contribution in [0.4, 0.5) is 0 Å². The molecule has 0 bridgehead atoms. The van der Waals surface area contributed by atoms with E-state index in [1.54, 1.807) is 0 Å². The van der Waals surface area contributed by atoms with E-state index >= 15 is 0 Å². The van der Waals surface area contributed by atoms with Crippen LogP contribution in [0, 0.1) is 3.57 Å². The molecule has 0 radical (unpaired) electrons. The second kappa shape index (κ2) is 11.0. The third-order valence-corrected chi connectivity index (χ3v) is 7.26. The molecule has 2 aromatic rings. The number of rotatable bonds is 8. The van der Waals surface area contributed by atoms with Crippen molar-refractivity contribution in [2.24, 2.45) is 0 Å². The minimum atomic E-state index is -3.43. The van der Waals surface area contributed by atoms with E-state index in [1.807, 2.05) is 55.5 Å². The van der Waals surface area contributed by atoms with Crippen LogP contribution in [-0.4, -0.2) is 28.8 Å². The SMILES string of the molecule is CC(NC[C@@H](O)CP(=O)(O)Cc1ccccc1)c1ccc(Cl)c(I)c1.Cl. The van der Waals surface area contributed by atoms with Gasteiger partial charge in [-0.15, -0.1) is 12.4 Å². The Morgan fingerprint density at radius 1 is 1.23 bits per heavy atom. The maximum Gasteiger partial charge on any atom is 0.207 e. The molecule has 0 aromatic heterocycles. The van der Waals surface area contributed by atoms with Crippen LogP contribution >= 0.6 is 54.0 Å². The first kappa shape index (κ1) is 23.9. The molecule has 0 aliphatic carbocycles. The predicted molar refractivity (Wildman–Crippen MR) is 119 cm³/mol. The van der Waals surface area contributed by atoms with E-state index < -0.39 is 13.5 Å². The van der Waals surface area contributed by atoms with Gasteiger partial charge < -0.3 is 15.3 Å². The van der Waals surface area contributed by atoms with E-state index in [1.165, 1.54) is 0 Å². The smallest absolute Gasteiger partial charge is 0.207 e. The molecule has 0 saturated heterocycles. The Bertz CT molecular complexity index is 748. The van der Waals surface area contributed by atoms with Crippen molar-refractivity contribution in [2.75, 3.05) is 12.7 Å². The predicted octanol–water partition coefficient (Wildman–Crippen LogP) is 4.85. The highest BCUT2D eigenvalue weighted by atomic mass is 127. The lowest BCUT2D eigenvalue weighted by atomic mass is 10.1. The summed E-state index contributed by atoms with van der Waals surface area (Å²) in [7, 11) is -3.43. The van der Waals surface area contributed by atoms with Crippen molar-refractivity contribution in [1.29, 1.82) is 0 Å². The van der Waals surface area contributed by atoms with Crippen LogP contribution in [-0.2, 0) is 10.7 Å². The normalized spacial score (nSPS) is 15.6. The zero-order valence-corrected chi connectivity index (χ0v) is 18.9. The minimum Gasteiger partial charge on any atom is -0.391 e. The Morgan fingerprint density at radius 3 is 2.50 bits per heavy atom. The third kappa shape index (κ3) is 7.85. The first-order valence-electron chi connectivity index (χ1n) is 7.98. The molecule has 2 aromatic carbocycles. The average Bonchev–Trinajstić information content (AvgIpc) is 2.55. The van der Waals surface area contributed by atoms with Gasteiger partial charge in [0.25, 0.3) is 0 Å². The van der Waals surface area contributed by atoms with Crippen molar-refractivity contribution >= 4 is 54.0 Å². The highest BCUT2D eigenvalue weighted by molar-refractivity contribution is 14.1. The highest BCUT2D eigenvalue weighted by Crippen LogP contribution is 2.44. The van der Waals surface area contributed by atoms with E-state index in [4.69, 9.17) is 11.6 Å². The molecule has 2 rings (SSSR count). The van der Waals surface area contributed by atoms with Gasteiger partial charge in [0.1, 0.15) is 0 Å². The standard InChI is InChI=1S/C18H22ClINO3P.ClH/c1-13(15-7-8-17(19)18(20)9-15)21-10-16(22)12-25(23,24)11-14-5-3-2-4-6-14;/h2-9,13,16,21-22H,10-12H2,1H3,(H,23,24);1H/t13?,16-;/m1./s1. The van der Waals surface area contributed by atoms with E-state index in [0.29, 0.717) is 5.02 Å². The molecule has 0 heterocycles. The second-order valence-electron chi connectivity index (χ2n) is 6.13. The summed E-state index contributed by atoms with van der Waals surface area (Å²) in [5.41, 5.74) is 1.86. The van der Waals surface area contributed by atoms with Crippen molar-refractivity contribution in [3.63, 3.8) is 0 Å². The molecule has 4 nitrogen and oxygen atoms in total. The summed E-state index contributed by atoms with van der Waals surface area (Å²) in [4.78, 5) is 10.1. The fourth-order valence-corrected chi connectivity index (χ4v) is 4.89. The third-order valence-electron chi connectivity index (χ3n) is 3.87. The molecule has 0 spiro atoms. The molecule has 0 saturated carbocycles. The van der Waals surface area contributed by atoms with E-state index in [2.05, 4.69) is 27.9 Å². The van der Waals surface area contributed by atoms with Crippen LogP contribution in [0.1, 0.15) is 24.1 Å². The zero-order chi connectivity index (χ0) is 18.4. The summed E-state index contributed by atoms with van der Waals surface area (Å²) in [6.07, 6.45) is -0.927. The Hall–Kier alpha value is -0.140. The van der Waals surface area contributed by atoms with Crippen LogP contribution in [0.5, 0.6) is 0 Å². The van der Waals surface area contributed by atoms with Gasteiger partial charge in [-0.05, 0) is 52.8 Å². The lowest BCUT2D eigenvalue weighted by molar-refractivity contribution is 0.186. The Morgan fingerprint density at radius 2 is 1.88 bits per heavy atom. The molecule has 0 aliphatic heterocycles. The van der Waals surface area contributed by atoms with Gasteiger partial charge in [0.15, 0.2) is 0 Å². The average molecular weight is 530 g/mol. The molecule has 144 valence electrons. The van der Waals surface area contributed by atoms with Crippen LogP contribution in [0.25, 0.3) is 0 Å². The Kier molecular flexibility index (Phi) is 10.1. The summed E-state index contributed by atoms with van der Waals surface area (Å²) < 4.78 is 13.3. The van der Waals surface area contributed by atoms with Gasteiger partial charge in [0, 0.05) is 22.3 Å². The van der Waals surface area contributed by atoms with Gasteiger partial charge in [0.05, 0.1) is 17.3 Å². The molecular weight excluding hydrogens is 507 g/mol. The maximum absolute atomic E-state index is 12.3. The van der Waals surface area contributed by atoms with Gasteiger partial charge >= 0.3 is 0 Å². The molecule has 3 N–H and O–H groups in total. The lowest BCUT2D eigenvalue weighted by Gasteiger charge is -2.20. The van der Waals surface area contributed by atoms with Crippen LogP contribution in [0.2, 0.25) is 5.02 Å². The van der Waals surface area contributed by atoms with Gasteiger partial charge in [-0.3, -0.25) is 4.57 Å². The largest absolute Gasteiger partial charge is 0.391 e. The van der Waals surface area contributed by atoms with Crippen molar-refractivity contribution in [1.82, 2.24) is 5.32 Å². The molecule has 26 heavy (non-hydrogen) atoms. The quantitative estimate of drug-likeness (QED) is 0.338. The van der Waals surface area contributed by atoms with E-state index in [-0.39, 0.29) is 37.3 Å². The number of aliphatic hydroxyl groups excluding tert-OH is 1. The number of halogens is 3. The number of aliphatic hydroxyl groups is 1. The first-order chi connectivity index (χ1) is 11.8. The summed E-state index contributed by atoms with van der Waals surface area (Å²) in [6.45, 7) is 2.23. The van der Waals surface area contributed by atoms with Crippen LogP contribution in [0.3, 0.4) is 0 Å². The monoisotopic (exact) mass is 529 g/mol. The van der Waals surface area contributed by atoms with Gasteiger partial charge in [-0.2, -0.15) is 0 Å². The Labute approximate surface area is 179 Å². The maximum atomic E-state index is 12.3. The van der Waals surface area contributed by atoms with Crippen molar-refractivity contribution in [2.45, 2.75) is 25.2 Å². The summed E-state index contributed by atoms with van der Waals surface area (Å²) >= 11 is 8.20. The number of hydrogen-bond donors (Lipinski definition) is 3. The topological polar surface area (TPSA) is 69.6 Å². The summed E-state index contributed by atoms with van der Waals surface area (Å²) in [5, 5.41) is 14.1. The molecular formula is C18H23Cl2INO3P. The van der Waals surface area contributed by atoms with Crippen molar-refractivity contribution in [3.05, 3.63) is 68.3 Å². The zero-order valence-electron chi connectivity index (χ0n) is 14.3. The van der Waals surface area contributed by atoms with Crippen molar-refractivity contribution in [3.8, 4) is 0 Å². The fraction of sp³-hybridized carbons (Fsp3) is 0.333. The van der Waals surface area contributed by atoms with E-state index in [9.17, 15) is 14.6 Å². The van der Waals surface area contributed by atoms with Crippen LogP contribution in [0.15, 0.2) is 48.5 Å². The van der Waals surface area contributed by atoms with Gasteiger partial charge in [-0.25, -0.2) is 0 Å². The van der Waals surface area contributed by atoms with Gasteiger partial charge in [0.2, 0.25) is 7.37 Å². The number of benzene rings is 2.